The van der Waals surface area contributed by atoms with Gasteiger partial charge in [0, 0.05) is 6.61 Å². The van der Waals surface area contributed by atoms with Crippen LogP contribution in [0.4, 0.5) is 0 Å². The highest BCUT2D eigenvalue weighted by molar-refractivity contribution is 6.74. The zero-order chi connectivity index (χ0) is 14.4. The third-order valence-electron chi connectivity index (χ3n) is 3.69. The minimum atomic E-state index is -1.58. The second-order valence-corrected chi connectivity index (χ2v) is 11.7. The fourth-order valence-corrected chi connectivity index (χ4v) is 2.56. The zero-order valence-electron chi connectivity index (χ0n) is 13.3. The summed E-state index contributed by atoms with van der Waals surface area (Å²) >= 11 is 0. The number of hydrogen-bond donors (Lipinski definition) is 1. The van der Waals surface area contributed by atoms with E-state index >= 15 is 0 Å². The Hall–Kier alpha value is -0.123. The maximum absolute atomic E-state index is 9.70. The van der Waals surface area contributed by atoms with Crippen molar-refractivity contribution < 1.29 is 9.53 Å². The third kappa shape index (κ3) is 7.34. The summed E-state index contributed by atoms with van der Waals surface area (Å²) in [6.45, 7) is 16.2. The van der Waals surface area contributed by atoms with Gasteiger partial charge in [-0.3, -0.25) is 0 Å². The first-order chi connectivity index (χ1) is 8.06. The lowest BCUT2D eigenvalue weighted by Crippen LogP contribution is -2.40. The lowest BCUT2D eigenvalue weighted by molar-refractivity contribution is 0.200. The highest BCUT2D eigenvalue weighted by Gasteiger charge is 2.36. The van der Waals surface area contributed by atoms with Gasteiger partial charge in [0.15, 0.2) is 8.32 Å². The molecule has 0 spiro atoms. The molecule has 0 fully saturated rings. The topological polar surface area (TPSA) is 29.5 Å². The first-order valence-corrected chi connectivity index (χ1v) is 9.94. The monoisotopic (exact) mass is 272 g/mol. The molecular weight excluding hydrogens is 240 g/mol. The molecule has 0 aromatic heterocycles. The standard InChI is InChI=1S/C15H32O2Si/c1-13(2)12-14(16)10-8-9-11-17-18(6,7)15(3,4)5/h12,14,16H,8-11H2,1-7H3. The molecule has 0 rings (SSSR count). The summed E-state index contributed by atoms with van der Waals surface area (Å²) in [5, 5.41) is 9.99. The minimum Gasteiger partial charge on any atom is -0.417 e. The van der Waals surface area contributed by atoms with E-state index in [2.05, 4.69) is 33.9 Å². The van der Waals surface area contributed by atoms with E-state index in [4.69, 9.17) is 4.43 Å². The van der Waals surface area contributed by atoms with Crippen LogP contribution in [-0.4, -0.2) is 26.1 Å². The molecule has 1 unspecified atom stereocenters. The Morgan fingerprint density at radius 2 is 1.78 bits per heavy atom. The van der Waals surface area contributed by atoms with Crippen molar-refractivity contribution >= 4 is 8.32 Å². The normalized spacial score (nSPS) is 14.4. The van der Waals surface area contributed by atoms with Gasteiger partial charge >= 0.3 is 0 Å². The molecule has 108 valence electrons. The molecule has 0 saturated carbocycles. The van der Waals surface area contributed by atoms with Gasteiger partial charge in [-0.1, -0.05) is 32.4 Å². The van der Waals surface area contributed by atoms with Crippen LogP contribution in [0.3, 0.4) is 0 Å². The largest absolute Gasteiger partial charge is 0.417 e. The van der Waals surface area contributed by atoms with E-state index in [1.807, 2.05) is 19.9 Å². The molecule has 18 heavy (non-hydrogen) atoms. The first kappa shape index (κ1) is 17.9. The molecule has 0 heterocycles. The van der Waals surface area contributed by atoms with E-state index in [0.717, 1.165) is 25.9 Å². The number of unbranched alkanes of at least 4 members (excludes halogenated alkanes) is 1. The summed E-state index contributed by atoms with van der Waals surface area (Å²) in [7, 11) is -1.58. The van der Waals surface area contributed by atoms with Crippen molar-refractivity contribution in [3.8, 4) is 0 Å². The fraction of sp³-hybridized carbons (Fsp3) is 0.867. The minimum absolute atomic E-state index is 0.286. The van der Waals surface area contributed by atoms with E-state index < -0.39 is 8.32 Å². The molecular formula is C15H32O2Si. The molecule has 1 atom stereocenters. The predicted octanol–water partition coefficient (Wildman–Crippen LogP) is 4.51. The molecule has 2 nitrogen and oxygen atoms in total. The molecule has 0 aliphatic rings. The molecule has 0 aliphatic heterocycles. The zero-order valence-corrected chi connectivity index (χ0v) is 14.3. The van der Waals surface area contributed by atoms with Crippen LogP contribution in [0.15, 0.2) is 11.6 Å². The number of hydrogen-bond acceptors (Lipinski definition) is 2. The van der Waals surface area contributed by atoms with Crippen LogP contribution in [0.2, 0.25) is 18.1 Å². The van der Waals surface area contributed by atoms with Crippen LogP contribution in [0.5, 0.6) is 0 Å². The average molecular weight is 273 g/mol. The van der Waals surface area contributed by atoms with Gasteiger partial charge in [0.25, 0.3) is 0 Å². The van der Waals surface area contributed by atoms with E-state index in [1.54, 1.807) is 0 Å². The predicted molar refractivity (Wildman–Crippen MR) is 82.4 cm³/mol. The van der Waals surface area contributed by atoms with Gasteiger partial charge in [-0.2, -0.15) is 0 Å². The Labute approximate surface area is 115 Å². The van der Waals surface area contributed by atoms with E-state index in [0.29, 0.717) is 0 Å². The number of rotatable bonds is 7. The Morgan fingerprint density at radius 3 is 2.22 bits per heavy atom. The van der Waals surface area contributed by atoms with Crippen LogP contribution in [-0.2, 0) is 4.43 Å². The second-order valence-electron chi connectivity index (χ2n) is 6.92. The van der Waals surface area contributed by atoms with E-state index in [9.17, 15) is 5.11 Å². The number of aliphatic hydroxyl groups is 1. The van der Waals surface area contributed by atoms with Crippen LogP contribution < -0.4 is 0 Å². The third-order valence-corrected chi connectivity index (χ3v) is 8.23. The number of aliphatic hydroxyl groups excluding tert-OH is 1. The van der Waals surface area contributed by atoms with Crippen molar-refractivity contribution in [1.29, 1.82) is 0 Å². The maximum atomic E-state index is 9.70. The quantitative estimate of drug-likeness (QED) is 0.420. The van der Waals surface area contributed by atoms with Crippen molar-refractivity contribution in [2.45, 2.75) is 78.1 Å². The molecule has 0 radical (unpaired) electrons. The Balaban J connectivity index is 3.79. The molecule has 3 heteroatoms. The van der Waals surface area contributed by atoms with Crippen LogP contribution in [0.25, 0.3) is 0 Å². The van der Waals surface area contributed by atoms with Gasteiger partial charge in [0.1, 0.15) is 0 Å². The molecule has 0 aromatic carbocycles. The molecule has 0 aromatic rings. The Bertz CT molecular complexity index is 260. The molecule has 0 aliphatic carbocycles. The van der Waals surface area contributed by atoms with Crippen molar-refractivity contribution in [2.24, 2.45) is 0 Å². The van der Waals surface area contributed by atoms with Crippen LogP contribution >= 0.6 is 0 Å². The summed E-state index contributed by atoms with van der Waals surface area (Å²) in [6.07, 6.45) is 4.54. The van der Waals surface area contributed by atoms with Gasteiger partial charge in [-0.05, 0) is 51.2 Å². The molecule has 0 amide bonds. The first-order valence-electron chi connectivity index (χ1n) is 7.03. The van der Waals surface area contributed by atoms with Crippen molar-refractivity contribution in [3.63, 3.8) is 0 Å². The van der Waals surface area contributed by atoms with E-state index in [1.165, 1.54) is 5.57 Å². The molecule has 0 saturated heterocycles. The van der Waals surface area contributed by atoms with E-state index in [-0.39, 0.29) is 11.1 Å². The van der Waals surface area contributed by atoms with Crippen molar-refractivity contribution in [3.05, 3.63) is 11.6 Å². The highest BCUT2D eigenvalue weighted by atomic mass is 28.4. The summed E-state index contributed by atoms with van der Waals surface area (Å²) in [5.74, 6) is 0. The molecule has 0 bridgehead atoms. The lowest BCUT2D eigenvalue weighted by atomic mass is 10.1. The van der Waals surface area contributed by atoms with Crippen molar-refractivity contribution in [2.75, 3.05) is 6.61 Å². The van der Waals surface area contributed by atoms with Gasteiger partial charge < -0.3 is 9.53 Å². The summed E-state index contributed by atoms with van der Waals surface area (Å²) in [4.78, 5) is 0. The summed E-state index contributed by atoms with van der Waals surface area (Å²) < 4.78 is 6.10. The van der Waals surface area contributed by atoms with Gasteiger partial charge in [-0.15, -0.1) is 0 Å². The Morgan fingerprint density at radius 1 is 1.22 bits per heavy atom. The molecule has 1 N–H and O–H groups in total. The number of allylic oxidation sites excluding steroid dienone is 1. The highest BCUT2D eigenvalue weighted by Crippen LogP contribution is 2.36. The summed E-state index contributed by atoms with van der Waals surface area (Å²) in [6, 6.07) is 0. The second kappa shape index (κ2) is 7.46. The maximum Gasteiger partial charge on any atom is 0.191 e. The fourth-order valence-electron chi connectivity index (χ4n) is 1.47. The SMILES string of the molecule is CC(C)=CC(O)CCCCO[Si](C)(C)C(C)(C)C. The average Bonchev–Trinajstić information content (AvgIpc) is 2.13. The van der Waals surface area contributed by atoms with Crippen molar-refractivity contribution in [1.82, 2.24) is 0 Å². The van der Waals surface area contributed by atoms with Gasteiger partial charge in [0.05, 0.1) is 6.10 Å². The van der Waals surface area contributed by atoms with Gasteiger partial charge in [-0.25, -0.2) is 0 Å². The lowest BCUT2D eigenvalue weighted by Gasteiger charge is -2.36. The smallest absolute Gasteiger partial charge is 0.191 e. The van der Waals surface area contributed by atoms with Crippen LogP contribution in [0.1, 0.15) is 53.9 Å². The Kier molecular flexibility index (Phi) is 7.41. The van der Waals surface area contributed by atoms with Gasteiger partial charge in [0.2, 0.25) is 0 Å². The van der Waals surface area contributed by atoms with Crippen LogP contribution in [0, 0.1) is 0 Å². The summed E-state index contributed by atoms with van der Waals surface area (Å²) in [5.41, 5.74) is 1.18.